The zero-order valence-corrected chi connectivity index (χ0v) is 11.0. The molecule has 0 radical (unpaired) electrons. The molecule has 0 unspecified atom stereocenters. The van der Waals surface area contributed by atoms with E-state index in [1.165, 1.54) is 0 Å². The van der Waals surface area contributed by atoms with Crippen molar-refractivity contribution < 1.29 is 0 Å². The van der Waals surface area contributed by atoms with Crippen LogP contribution in [0.1, 0.15) is 12.7 Å². The number of aryl methyl sites for hydroxylation is 1. The van der Waals surface area contributed by atoms with Gasteiger partial charge in [-0.25, -0.2) is 4.98 Å². The monoisotopic (exact) mass is 279 g/mol. The van der Waals surface area contributed by atoms with Gasteiger partial charge >= 0.3 is 0 Å². The first-order valence-electron chi connectivity index (χ1n) is 5.20. The molecular weight excluding hydrogens is 266 g/mol. The third kappa shape index (κ3) is 1.85. The molecule has 1 aromatic carbocycles. The summed E-state index contributed by atoms with van der Waals surface area (Å²) in [5, 5.41) is 0. The van der Waals surface area contributed by atoms with E-state index in [0.717, 1.165) is 33.8 Å². The molecule has 1 aromatic heterocycles. The number of hydrogen-bond acceptors (Lipinski definition) is 2. The number of nitrogens with two attached hydrogens (primary N) is 1. The maximum Gasteiger partial charge on any atom is 0.131 e. The van der Waals surface area contributed by atoms with Crippen molar-refractivity contribution in [3.05, 3.63) is 34.6 Å². The fraction of sp³-hybridized carbons (Fsp3) is 0.250. The molecule has 2 aromatic rings. The van der Waals surface area contributed by atoms with Crippen LogP contribution in [-0.4, -0.2) is 9.55 Å². The SMILES string of the molecule is CCc1nc(-c2cccc(Br)c2)c(N)n1C. The largest absolute Gasteiger partial charge is 0.383 e. The van der Waals surface area contributed by atoms with Crippen molar-refractivity contribution in [3.8, 4) is 11.3 Å². The van der Waals surface area contributed by atoms with E-state index in [-0.39, 0.29) is 0 Å². The molecule has 0 aliphatic carbocycles. The minimum atomic E-state index is 0.718. The van der Waals surface area contributed by atoms with E-state index in [0.29, 0.717) is 0 Å². The van der Waals surface area contributed by atoms with Gasteiger partial charge < -0.3 is 10.3 Å². The zero-order chi connectivity index (χ0) is 11.7. The number of aromatic nitrogens is 2. The minimum Gasteiger partial charge on any atom is -0.383 e. The smallest absolute Gasteiger partial charge is 0.131 e. The van der Waals surface area contributed by atoms with Crippen molar-refractivity contribution in [1.29, 1.82) is 0 Å². The van der Waals surface area contributed by atoms with Crippen LogP contribution in [0.4, 0.5) is 5.82 Å². The van der Waals surface area contributed by atoms with Gasteiger partial charge in [0.15, 0.2) is 0 Å². The fourth-order valence-corrected chi connectivity index (χ4v) is 2.12. The normalized spacial score (nSPS) is 10.7. The van der Waals surface area contributed by atoms with Crippen LogP contribution in [0.25, 0.3) is 11.3 Å². The molecule has 0 bridgehead atoms. The van der Waals surface area contributed by atoms with E-state index in [4.69, 9.17) is 5.73 Å². The maximum absolute atomic E-state index is 6.05. The second-order valence-corrected chi connectivity index (χ2v) is 4.60. The second kappa shape index (κ2) is 4.29. The molecule has 4 heteroatoms. The van der Waals surface area contributed by atoms with Crippen LogP contribution in [0.2, 0.25) is 0 Å². The summed E-state index contributed by atoms with van der Waals surface area (Å²) in [7, 11) is 1.95. The number of nitrogens with zero attached hydrogens (tertiary/aromatic N) is 2. The summed E-state index contributed by atoms with van der Waals surface area (Å²) >= 11 is 3.45. The summed E-state index contributed by atoms with van der Waals surface area (Å²) in [4.78, 5) is 4.56. The molecule has 3 nitrogen and oxygen atoms in total. The van der Waals surface area contributed by atoms with Crippen LogP contribution in [0.5, 0.6) is 0 Å². The molecule has 0 spiro atoms. The van der Waals surface area contributed by atoms with Gasteiger partial charge in [0.1, 0.15) is 17.3 Å². The summed E-state index contributed by atoms with van der Waals surface area (Å²) in [5.41, 5.74) is 7.95. The average molecular weight is 280 g/mol. The predicted octanol–water partition coefficient (Wildman–Crippen LogP) is 2.99. The minimum absolute atomic E-state index is 0.718. The standard InChI is InChI=1S/C12H14BrN3/c1-3-10-15-11(12(14)16(10)2)8-5-4-6-9(13)7-8/h4-7H,3,14H2,1-2H3. The highest BCUT2D eigenvalue weighted by Gasteiger charge is 2.12. The molecule has 0 amide bonds. The third-order valence-electron chi connectivity index (χ3n) is 2.65. The van der Waals surface area contributed by atoms with Crippen molar-refractivity contribution in [2.45, 2.75) is 13.3 Å². The van der Waals surface area contributed by atoms with E-state index in [1.54, 1.807) is 0 Å². The number of hydrogen-bond donors (Lipinski definition) is 1. The van der Waals surface area contributed by atoms with E-state index in [1.807, 2.05) is 35.9 Å². The second-order valence-electron chi connectivity index (χ2n) is 3.68. The van der Waals surface area contributed by atoms with Gasteiger partial charge in [-0.15, -0.1) is 0 Å². The van der Waals surface area contributed by atoms with Crippen molar-refractivity contribution in [1.82, 2.24) is 9.55 Å². The average Bonchev–Trinajstić information content (AvgIpc) is 2.56. The molecule has 2 rings (SSSR count). The molecule has 0 saturated heterocycles. The van der Waals surface area contributed by atoms with Crippen LogP contribution in [0, 0.1) is 0 Å². The van der Waals surface area contributed by atoms with Crippen molar-refractivity contribution >= 4 is 21.7 Å². The van der Waals surface area contributed by atoms with Crippen LogP contribution >= 0.6 is 15.9 Å². The molecule has 84 valence electrons. The first-order valence-corrected chi connectivity index (χ1v) is 5.99. The van der Waals surface area contributed by atoms with E-state index in [9.17, 15) is 0 Å². The summed E-state index contributed by atoms with van der Waals surface area (Å²) < 4.78 is 2.98. The van der Waals surface area contributed by atoms with E-state index < -0.39 is 0 Å². The quantitative estimate of drug-likeness (QED) is 0.919. The molecule has 16 heavy (non-hydrogen) atoms. The Balaban J connectivity index is 2.56. The predicted molar refractivity (Wildman–Crippen MR) is 70.1 cm³/mol. The Labute approximate surface area is 103 Å². The Hall–Kier alpha value is -1.29. The van der Waals surface area contributed by atoms with Gasteiger partial charge in [-0.05, 0) is 12.1 Å². The fourth-order valence-electron chi connectivity index (χ4n) is 1.72. The number of imidazole rings is 1. The maximum atomic E-state index is 6.05. The van der Waals surface area contributed by atoms with Crippen molar-refractivity contribution in [2.75, 3.05) is 5.73 Å². The van der Waals surface area contributed by atoms with Crippen molar-refractivity contribution in [2.24, 2.45) is 7.05 Å². The summed E-state index contributed by atoms with van der Waals surface area (Å²) in [6.45, 7) is 2.08. The highest BCUT2D eigenvalue weighted by atomic mass is 79.9. The Kier molecular flexibility index (Phi) is 3.01. The zero-order valence-electron chi connectivity index (χ0n) is 9.37. The Morgan fingerprint density at radius 2 is 2.19 bits per heavy atom. The van der Waals surface area contributed by atoms with Crippen LogP contribution < -0.4 is 5.73 Å². The number of nitrogen functional groups attached to an aromatic ring is 1. The van der Waals surface area contributed by atoms with E-state index in [2.05, 4.69) is 27.8 Å². The van der Waals surface area contributed by atoms with Crippen LogP contribution in [0.3, 0.4) is 0 Å². The number of halogens is 1. The first-order chi connectivity index (χ1) is 7.63. The van der Waals surface area contributed by atoms with Gasteiger partial charge in [-0.2, -0.15) is 0 Å². The van der Waals surface area contributed by atoms with Gasteiger partial charge in [0.25, 0.3) is 0 Å². The molecule has 0 fully saturated rings. The van der Waals surface area contributed by atoms with Gasteiger partial charge in [0.2, 0.25) is 0 Å². The molecule has 1 heterocycles. The van der Waals surface area contributed by atoms with Gasteiger partial charge in [-0.1, -0.05) is 35.0 Å². The lowest BCUT2D eigenvalue weighted by molar-refractivity contribution is 0.816. The number of anilines is 1. The summed E-state index contributed by atoms with van der Waals surface area (Å²) in [6, 6.07) is 8.02. The van der Waals surface area contributed by atoms with Gasteiger partial charge in [0, 0.05) is 23.5 Å². The van der Waals surface area contributed by atoms with Crippen molar-refractivity contribution in [3.63, 3.8) is 0 Å². The summed E-state index contributed by atoms with van der Waals surface area (Å²) in [5.74, 6) is 1.72. The molecule has 2 N–H and O–H groups in total. The first kappa shape index (κ1) is 11.2. The molecule has 0 aliphatic rings. The van der Waals surface area contributed by atoms with Gasteiger partial charge in [-0.3, -0.25) is 0 Å². The van der Waals surface area contributed by atoms with Crippen LogP contribution in [-0.2, 0) is 13.5 Å². The third-order valence-corrected chi connectivity index (χ3v) is 3.14. The molecule has 0 saturated carbocycles. The highest BCUT2D eigenvalue weighted by Crippen LogP contribution is 2.27. The molecular formula is C12H14BrN3. The highest BCUT2D eigenvalue weighted by molar-refractivity contribution is 9.10. The number of rotatable bonds is 2. The van der Waals surface area contributed by atoms with Crippen LogP contribution in [0.15, 0.2) is 28.7 Å². The lowest BCUT2D eigenvalue weighted by atomic mass is 10.1. The lowest BCUT2D eigenvalue weighted by Gasteiger charge is -2.01. The Morgan fingerprint density at radius 1 is 1.44 bits per heavy atom. The number of benzene rings is 1. The Bertz CT molecular complexity index is 517. The van der Waals surface area contributed by atoms with E-state index >= 15 is 0 Å². The molecule has 0 atom stereocenters. The summed E-state index contributed by atoms with van der Waals surface area (Å²) in [6.07, 6.45) is 0.884. The topological polar surface area (TPSA) is 43.8 Å². The Morgan fingerprint density at radius 3 is 2.75 bits per heavy atom. The lowest BCUT2D eigenvalue weighted by Crippen LogP contribution is -2.00. The van der Waals surface area contributed by atoms with Gasteiger partial charge in [0.05, 0.1) is 0 Å². The molecule has 0 aliphatic heterocycles.